The Labute approximate surface area is 113 Å². The molecule has 0 unspecified atom stereocenters. The van der Waals surface area contributed by atoms with E-state index in [1.165, 1.54) is 17.7 Å². The Morgan fingerprint density at radius 3 is 2.89 bits per heavy atom. The number of benzene rings is 1. The SMILES string of the molecule is CSCCCNc1cnn(Cc2ccccc2)c1. The molecule has 0 saturated heterocycles. The Kier molecular flexibility index (Phi) is 5.15. The summed E-state index contributed by atoms with van der Waals surface area (Å²) in [6.07, 6.45) is 7.27. The smallest absolute Gasteiger partial charge is 0.0726 e. The van der Waals surface area contributed by atoms with Crippen LogP contribution in [0.15, 0.2) is 42.7 Å². The van der Waals surface area contributed by atoms with Crippen LogP contribution >= 0.6 is 11.8 Å². The molecule has 2 rings (SSSR count). The van der Waals surface area contributed by atoms with E-state index >= 15 is 0 Å². The molecule has 1 aromatic carbocycles. The van der Waals surface area contributed by atoms with E-state index in [0.717, 1.165) is 18.8 Å². The maximum atomic E-state index is 4.36. The van der Waals surface area contributed by atoms with Crippen LogP contribution in [0.5, 0.6) is 0 Å². The number of hydrogen-bond acceptors (Lipinski definition) is 3. The number of anilines is 1. The van der Waals surface area contributed by atoms with Crippen LogP contribution in [0.3, 0.4) is 0 Å². The molecular formula is C14H19N3S. The summed E-state index contributed by atoms with van der Waals surface area (Å²) >= 11 is 1.88. The van der Waals surface area contributed by atoms with Crippen molar-refractivity contribution in [3.8, 4) is 0 Å². The van der Waals surface area contributed by atoms with Gasteiger partial charge in [-0.15, -0.1) is 0 Å². The van der Waals surface area contributed by atoms with E-state index in [0.29, 0.717) is 0 Å². The fraction of sp³-hybridized carbons (Fsp3) is 0.357. The van der Waals surface area contributed by atoms with E-state index < -0.39 is 0 Å². The van der Waals surface area contributed by atoms with Crippen LogP contribution in [0.2, 0.25) is 0 Å². The topological polar surface area (TPSA) is 29.9 Å². The van der Waals surface area contributed by atoms with E-state index in [4.69, 9.17) is 0 Å². The van der Waals surface area contributed by atoms with Crippen LogP contribution in [-0.2, 0) is 6.54 Å². The Morgan fingerprint density at radius 2 is 2.11 bits per heavy atom. The van der Waals surface area contributed by atoms with Gasteiger partial charge in [-0.25, -0.2) is 0 Å². The maximum absolute atomic E-state index is 4.36. The highest BCUT2D eigenvalue weighted by atomic mass is 32.2. The zero-order chi connectivity index (χ0) is 12.6. The van der Waals surface area contributed by atoms with Crippen molar-refractivity contribution in [1.82, 2.24) is 9.78 Å². The largest absolute Gasteiger partial charge is 0.382 e. The molecule has 1 heterocycles. The molecule has 0 spiro atoms. The van der Waals surface area contributed by atoms with E-state index in [1.807, 2.05) is 28.7 Å². The molecule has 2 aromatic rings. The summed E-state index contributed by atoms with van der Waals surface area (Å²) in [6.45, 7) is 1.84. The molecule has 18 heavy (non-hydrogen) atoms. The molecule has 0 atom stereocenters. The number of nitrogens with one attached hydrogen (secondary N) is 1. The molecule has 0 bridgehead atoms. The molecule has 0 radical (unpaired) electrons. The van der Waals surface area contributed by atoms with Gasteiger partial charge in [0, 0.05) is 12.7 Å². The van der Waals surface area contributed by atoms with Gasteiger partial charge in [-0.2, -0.15) is 16.9 Å². The summed E-state index contributed by atoms with van der Waals surface area (Å²) in [5.74, 6) is 1.20. The van der Waals surface area contributed by atoms with Crippen LogP contribution in [0.25, 0.3) is 0 Å². The van der Waals surface area contributed by atoms with Gasteiger partial charge in [0.2, 0.25) is 0 Å². The first-order valence-electron chi connectivity index (χ1n) is 6.17. The first kappa shape index (κ1) is 13.0. The van der Waals surface area contributed by atoms with Crippen LogP contribution in [0.1, 0.15) is 12.0 Å². The molecule has 3 nitrogen and oxygen atoms in total. The third-order valence-corrected chi connectivity index (χ3v) is 3.37. The summed E-state index contributed by atoms with van der Waals surface area (Å²) < 4.78 is 1.96. The van der Waals surface area contributed by atoms with E-state index in [9.17, 15) is 0 Å². The van der Waals surface area contributed by atoms with Gasteiger partial charge in [-0.05, 0) is 24.0 Å². The van der Waals surface area contributed by atoms with Crippen molar-refractivity contribution < 1.29 is 0 Å². The third-order valence-electron chi connectivity index (χ3n) is 2.68. The Balaban J connectivity index is 1.83. The highest BCUT2D eigenvalue weighted by molar-refractivity contribution is 7.98. The van der Waals surface area contributed by atoms with E-state index in [-0.39, 0.29) is 0 Å². The number of rotatable bonds is 7. The normalized spacial score (nSPS) is 10.5. The van der Waals surface area contributed by atoms with Crippen molar-refractivity contribution in [3.63, 3.8) is 0 Å². The highest BCUT2D eigenvalue weighted by Gasteiger charge is 1.98. The van der Waals surface area contributed by atoms with Crippen LogP contribution < -0.4 is 5.32 Å². The second-order valence-electron chi connectivity index (χ2n) is 4.19. The Hall–Kier alpha value is -1.42. The van der Waals surface area contributed by atoms with Gasteiger partial charge in [0.1, 0.15) is 0 Å². The van der Waals surface area contributed by atoms with Crippen molar-refractivity contribution in [2.75, 3.05) is 23.9 Å². The van der Waals surface area contributed by atoms with Crippen LogP contribution in [-0.4, -0.2) is 28.3 Å². The second-order valence-corrected chi connectivity index (χ2v) is 5.17. The molecule has 0 saturated carbocycles. The first-order chi connectivity index (χ1) is 8.88. The summed E-state index contributed by atoms with van der Waals surface area (Å²) in [6, 6.07) is 10.4. The standard InChI is InChI=1S/C14H19N3S/c1-18-9-5-8-15-14-10-16-17(12-14)11-13-6-3-2-4-7-13/h2-4,6-7,10,12,15H,5,8-9,11H2,1H3. The summed E-state index contributed by atoms with van der Waals surface area (Å²) in [4.78, 5) is 0. The summed E-state index contributed by atoms with van der Waals surface area (Å²) in [5.41, 5.74) is 2.38. The van der Waals surface area contributed by atoms with Gasteiger partial charge in [-0.1, -0.05) is 30.3 Å². The lowest BCUT2D eigenvalue weighted by atomic mass is 10.2. The average Bonchev–Trinajstić information content (AvgIpc) is 2.84. The monoisotopic (exact) mass is 261 g/mol. The van der Waals surface area contributed by atoms with Crippen molar-refractivity contribution >= 4 is 17.4 Å². The van der Waals surface area contributed by atoms with E-state index in [1.54, 1.807) is 0 Å². The number of hydrogen-bond donors (Lipinski definition) is 1. The summed E-state index contributed by atoms with van der Waals surface area (Å²) in [7, 11) is 0. The van der Waals surface area contributed by atoms with Crippen LogP contribution in [0, 0.1) is 0 Å². The molecule has 0 fully saturated rings. The molecule has 1 aromatic heterocycles. The molecule has 1 N–H and O–H groups in total. The predicted molar refractivity (Wildman–Crippen MR) is 79.3 cm³/mol. The molecule has 0 aliphatic rings. The lowest BCUT2D eigenvalue weighted by Gasteiger charge is -2.02. The van der Waals surface area contributed by atoms with Crippen molar-refractivity contribution in [1.29, 1.82) is 0 Å². The van der Waals surface area contributed by atoms with Gasteiger partial charge < -0.3 is 5.32 Å². The average molecular weight is 261 g/mol. The highest BCUT2D eigenvalue weighted by Crippen LogP contribution is 2.08. The van der Waals surface area contributed by atoms with Gasteiger partial charge in [0.15, 0.2) is 0 Å². The molecule has 0 aliphatic carbocycles. The molecule has 4 heteroatoms. The Morgan fingerprint density at radius 1 is 1.28 bits per heavy atom. The zero-order valence-corrected chi connectivity index (χ0v) is 11.5. The second kappa shape index (κ2) is 7.11. The lowest BCUT2D eigenvalue weighted by molar-refractivity contribution is 0.687. The lowest BCUT2D eigenvalue weighted by Crippen LogP contribution is -2.02. The molecule has 0 aliphatic heterocycles. The van der Waals surface area contributed by atoms with Crippen molar-refractivity contribution in [2.45, 2.75) is 13.0 Å². The fourth-order valence-corrected chi connectivity index (χ4v) is 2.19. The zero-order valence-electron chi connectivity index (χ0n) is 10.7. The first-order valence-corrected chi connectivity index (χ1v) is 7.57. The Bertz CT molecular complexity index is 453. The molecular weight excluding hydrogens is 242 g/mol. The summed E-state index contributed by atoms with van der Waals surface area (Å²) in [5, 5.41) is 7.75. The fourth-order valence-electron chi connectivity index (χ4n) is 1.76. The van der Waals surface area contributed by atoms with Gasteiger partial charge in [-0.3, -0.25) is 4.68 Å². The van der Waals surface area contributed by atoms with Crippen molar-refractivity contribution in [2.24, 2.45) is 0 Å². The minimum Gasteiger partial charge on any atom is -0.382 e. The quantitative estimate of drug-likeness (QED) is 0.777. The number of nitrogens with zero attached hydrogens (tertiary/aromatic N) is 2. The maximum Gasteiger partial charge on any atom is 0.0726 e. The predicted octanol–water partition coefficient (Wildman–Crippen LogP) is 3.10. The van der Waals surface area contributed by atoms with Gasteiger partial charge >= 0.3 is 0 Å². The third kappa shape index (κ3) is 4.11. The van der Waals surface area contributed by atoms with E-state index in [2.05, 4.69) is 47.1 Å². The van der Waals surface area contributed by atoms with Crippen molar-refractivity contribution in [3.05, 3.63) is 48.3 Å². The molecule has 0 amide bonds. The molecule has 96 valence electrons. The minimum atomic E-state index is 0.827. The van der Waals surface area contributed by atoms with Crippen LogP contribution in [0.4, 0.5) is 5.69 Å². The number of aromatic nitrogens is 2. The minimum absolute atomic E-state index is 0.827. The van der Waals surface area contributed by atoms with Gasteiger partial charge in [0.05, 0.1) is 18.4 Å². The number of thioether (sulfide) groups is 1. The van der Waals surface area contributed by atoms with Gasteiger partial charge in [0.25, 0.3) is 0 Å².